The van der Waals surface area contributed by atoms with Crippen LogP contribution in [-0.2, 0) is 0 Å². The van der Waals surface area contributed by atoms with E-state index < -0.39 is 0 Å². The fourth-order valence-electron chi connectivity index (χ4n) is 2.64. The van der Waals surface area contributed by atoms with Gasteiger partial charge in [0, 0.05) is 30.9 Å². The Hall–Kier alpha value is -1.75. The van der Waals surface area contributed by atoms with Gasteiger partial charge in [0.25, 0.3) is 0 Å². The molecular formula is C15H17N3OS. The summed E-state index contributed by atoms with van der Waals surface area (Å²) < 4.78 is 0. The third-order valence-electron chi connectivity index (χ3n) is 3.63. The molecular weight excluding hydrogens is 270 g/mol. The molecule has 20 heavy (non-hydrogen) atoms. The second kappa shape index (κ2) is 5.71. The van der Waals surface area contributed by atoms with Crippen LogP contribution in [0.4, 0.5) is 5.95 Å². The van der Waals surface area contributed by atoms with Crippen LogP contribution in [0.25, 0.3) is 0 Å². The molecule has 0 aliphatic carbocycles. The first kappa shape index (κ1) is 13.2. The molecule has 1 aliphatic rings. The molecule has 3 rings (SSSR count). The molecule has 0 N–H and O–H groups in total. The van der Waals surface area contributed by atoms with E-state index in [-0.39, 0.29) is 11.8 Å². The minimum Gasteiger partial charge on any atom is -0.337 e. The second-order valence-corrected chi connectivity index (χ2v) is 6.04. The summed E-state index contributed by atoms with van der Waals surface area (Å²) in [6, 6.07) is 5.95. The van der Waals surface area contributed by atoms with Crippen molar-refractivity contribution in [2.75, 3.05) is 11.4 Å². The van der Waals surface area contributed by atoms with Crippen molar-refractivity contribution in [1.82, 2.24) is 9.97 Å². The maximum Gasteiger partial charge on any atom is 0.225 e. The van der Waals surface area contributed by atoms with Crippen molar-refractivity contribution in [2.24, 2.45) is 0 Å². The number of anilines is 1. The number of ketones is 1. The van der Waals surface area contributed by atoms with E-state index in [9.17, 15) is 4.79 Å². The molecule has 1 aliphatic heterocycles. The van der Waals surface area contributed by atoms with E-state index in [1.807, 2.05) is 30.5 Å². The number of aromatic nitrogens is 2. The lowest BCUT2D eigenvalue weighted by Crippen LogP contribution is -2.32. The van der Waals surface area contributed by atoms with Gasteiger partial charge in [-0.2, -0.15) is 0 Å². The number of carbonyl (C=O) groups excluding carboxylic acids is 1. The van der Waals surface area contributed by atoms with Gasteiger partial charge in [0.15, 0.2) is 5.78 Å². The van der Waals surface area contributed by atoms with Crippen LogP contribution >= 0.6 is 11.3 Å². The molecule has 4 nitrogen and oxygen atoms in total. The Balaban J connectivity index is 1.74. The van der Waals surface area contributed by atoms with Gasteiger partial charge < -0.3 is 4.90 Å². The Labute approximate surface area is 122 Å². The Kier molecular flexibility index (Phi) is 3.78. The average Bonchev–Trinajstić information content (AvgIpc) is 3.09. The zero-order valence-electron chi connectivity index (χ0n) is 11.5. The third-order valence-corrected chi connectivity index (χ3v) is 4.54. The maximum atomic E-state index is 12.2. The molecule has 0 saturated carbocycles. The predicted octanol–water partition coefficient (Wildman–Crippen LogP) is 3.09. The van der Waals surface area contributed by atoms with Gasteiger partial charge in [-0.05, 0) is 37.3 Å². The van der Waals surface area contributed by atoms with Crippen molar-refractivity contribution in [3.8, 4) is 0 Å². The van der Waals surface area contributed by atoms with Gasteiger partial charge in [0.1, 0.15) is 0 Å². The molecule has 3 heterocycles. The van der Waals surface area contributed by atoms with Crippen LogP contribution in [0.5, 0.6) is 0 Å². The lowest BCUT2D eigenvalue weighted by Gasteiger charge is -2.24. The summed E-state index contributed by atoms with van der Waals surface area (Å²) >= 11 is 1.51. The van der Waals surface area contributed by atoms with Gasteiger partial charge in [-0.25, -0.2) is 9.97 Å². The SMILES string of the molecule is Cc1ccnc(N2CCC[C@H]2CC(=O)c2cccs2)n1. The normalized spacial score (nSPS) is 18.4. The molecule has 2 aromatic rings. The van der Waals surface area contributed by atoms with Crippen molar-refractivity contribution in [3.05, 3.63) is 40.3 Å². The molecule has 5 heteroatoms. The van der Waals surface area contributed by atoms with E-state index in [0.29, 0.717) is 6.42 Å². The molecule has 0 bridgehead atoms. The van der Waals surface area contributed by atoms with E-state index in [4.69, 9.17) is 0 Å². The van der Waals surface area contributed by atoms with E-state index in [1.165, 1.54) is 11.3 Å². The Morgan fingerprint density at radius 2 is 2.40 bits per heavy atom. The van der Waals surface area contributed by atoms with E-state index in [2.05, 4.69) is 14.9 Å². The number of nitrogens with zero attached hydrogens (tertiary/aromatic N) is 3. The fraction of sp³-hybridized carbons (Fsp3) is 0.400. The molecule has 1 atom stereocenters. The van der Waals surface area contributed by atoms with Crippen LogP contribution in [0.1, 0.15) is 34.6 Å². The summed E-state index contributed by atoms with van der Waals surface area (Å²) in [6.07, 6.45) is 4.47. The minimum atomic E-state index is 0.226. The van der Waals surface area contributed by atoms with Crippen molar-refractivity contribution in [1.29, 1.82) is 0 Å². The average molecular weight is 287 g/mol. The van der Waals surface area contributed by atoms with Gasteiger partial charge in [0.2, 0.25) is 5.95 Å². The zero-order valence-corrected chi connectivity index (χ0v) is 12.3. The Morgan fingerprint density at radius 3 is 3.15 bits per heavy atom. The lowest BCUT2D eigenvalue weighted by atomic mass is 10.1. The number of aryl methyl sites for hydroxylation is 1. The number of hydrogen-bond donors (Lipinski definition) is 0. The molecule has 0 radical (unpaired) electrons. The zero-order chi connectivity index (χ0) is 13.9. The number of hydrogen-bond acceptors (Lipinski definition) is 5. The molecule has 2 aromatic heterocycles. The summed E-state index contributed by atoms with van der Waals surface area (Å²) in [4.78, 5) is 24.1. The highest BCUT2D eigenvalue weighted by molar-refractivity contribution is 7.12. The number of thiophene rings is 1. The molecule has 1 fully saturated rings. The summed E-state index contributed by atoms with van der Waals surface area (Å²) in [5.74, 6) is 0.982. The maximum absolute atomic E-state index is 12.2. The van der Waals surface area contributed by atoms with Gasteiger partial charge in [-0.15, -0.1) is 11.3 Å². The molecule has 0 unspecified atom stereocenters. The molecule has 1 saturated heterocycles. The fourth-order valence-corrected chi connectivity index (χ4v) is 3.31. The highest BCUT2D eigenvalue weighted by Gasteiger charge is 2.29. The predicted molar refractivity (Wildman–Crippen MR) is 80.4 cm³/mol. The van der Waals surface area contributed by atoms with E-state index in [0.717, 1.165) is 35.9 Å². The quantitative estimate of drug-likeness (QED) is 0.811. The van der Waals surface area contributed by atoms with Crippen molar-refractivity contribution >= 4 is 23.1 Å². The highest BCUT2D eigenvalue weighted by atomic mass is 32.1. The van der Waals surface area contributed by atoms with Crippen LogP contribution < -0.4 is 4.90 Å². The monoisotopic (exact) mass is 287 g/mol. The first-order chi connectivity index (χ1) is 9.74. The van der Waals surface area contributed by atoms with Gasteiger partial charge in [0.05, 0.1) is 4.88 Å². The second-order valence-electron chi connectivity index (χ2n) is 5.09. The first-order valence-electron chi connectivity index (χ1n) is 6.87. The number of Topliss-reactive ketones (excluding diaryl/α,β-unsaturated/α-hetero) is 1. The highest BCUT2D eigenvalue weighted by Crippen LogP contribution is 2.26. The molecule has 0 spiro atoms. The van der Waals surface area contributed by atoms with E-state index in [1.54, 1.807) is 6.20 Å². The molecule has 0 aromatic carbocycles. The molecule has 104 valence electrons. The van der Waals surface area contributed by atoms with Crippen LogP contribution in [0, 0.1) is 6.92 Å². The largest absolute Gasteiger partial charge is 0.337 e. The minimum absolute atomic E-state index is 0.226. The third kappa shape index (κ3) is 2.72. The van der Waals surface area contributed by atoms with Gasteiger partial charge in [-0.1, -0.05) is 6.07 Å². The van der Waals surface area contributed by atoms with E-state index >= 15 is 0 Å². The smallest absolute Gasteiger partial charge is 0.225 e. The number of rotatable bonds is 4. The van der Waals surface area contributed by atoms with Crippen LogP contribution in [0.3, 0.4) is 0 Å². The Morgan fingerprint density at radius 1 is 1.50 bits per heavy atom. The van der Waals surface area contributed by atoms with Gasteiger partial charge >= 0.3 is 0 Å². The van der Waals surface area contributed by atoms with Crippen molar-refractivity contribution in [2.45, 2.75) is 32.2 Å². The Bertz CT molecular complexity index is 597. The van der Waals surface area contributed by atoms with Gasteiger partial charge in [-0.3, -0.25) is 4.79 Å². The van der Waals surface area contributed by atoms with Crippen LogP contribution in [0.15, 0.2) is 29.8 Å². The molecule has 0 amide bonds. The van der Waals surface area contributed by atoms with Crippen LogP contribution in [0.2, 0.25) is 0 Å². The number of carbonyl (C=O) groups is 1. The summed E-state index contributed by atoms with van der Waals surface area (Å²) in [7, 11) is 0. The van der Waals surface area contributed by atoms with Crippen molar-refractivity contribution in [3.63, 3.8) is 0 Å². The lowest BCUT2D eigenvalue weighted by molar-refractivity contribution is 0.0978. The standard InChI is InChI=1S/C15H17N3OS/c1-11-6-7-16-15(17-11)18-8-2-4-12(18)10-13(19)14-5-3-9-20-14/h3,5-7,9,12H,2,4,8,10H2,1H3/t12-/m0/s1. The summed E-state index contributed by atoms with van der Waals surface area (Å²) in [6.45, 7) is 2.90. The topological polar surface area (TPSA) is 46.1 Å². The first-order valence-corrected chi connectivity index (χ1v) is 7.75. The van der Waals surface area contributed by atoms with Crippen molar-refractivity contribution < 1.29 is 4.79 Å². The van der Waals surface area contributed by atoms with Crippen LogP contribution in [-0.4, -0.2) is 28.3 Å². The summed E-state index contributed by atoms with van der Waals surface area (Å²) in [5, 5.41) is 1.95. The summed E-state index contributed by atoms with van der Waals surface area (Å²) in [5.41, 5.74) is 0.963.